The molecule has 260 valence electrons. The lowest BCUT2D eigenvalue weighted by Crippen LogP contribution is -1.97. The van der Waals surface area contributed by atoms with Crippen molar-refractivity contribution in [2.24, 2.45) is 0 Å². The second-order valence-corrected chi connectivity index (χ2v) is 13.2. The van der Waals surface area contributed by atoms with Crippen LogP contribution in [0.25, 0.3) is 67.4 Å². The molecule has 0 saturated heterocycles. The number of hydrogen-bond acceptors (Lipinski definition) is 0. The first-order valence-corrected chi connectivity index (χ1v) is 18.6. The second kappa shape index (κ2) is 16.3. The summed E-state index contributed by atoms with van der Waals surface area (Å²) in [5.41, 5.74) is 13.4. The number of rotatable bonds is 9. The van der Waals surface area contributed by atoms with Crippen molar-refractivity contribution in [1.82, 2.24) is 9.13 Å². The molecule has 0 N–H and O–H groups in total. The maximum absolute atomic E-state index is 4.04. The molecule has 0 radical (unpaired) electrons. The number of nitrogens with zero attached hydrogens (tertiary/aromatic N) is 2. The Morgan fingerprint density at radius 3 is 1.83 bits per heavy atom. The zero-order chi connectivity index (χ0) is 36.6. The van der Waals surface area contributed by atoms with Crippen LogP contribution in [0.4, 0.5) is 0 Å². The van der Waals surface area contributed by atoms with Gasteiger partial charge in [-0.05, 0) is 97.0 Å². The maximum Gasteiger partial charge on any atom is 0.0541 e. The lowest BCUT2D eigenvalue weighted by Gasteiger charge is -2.11. The number of benzene rings is 5. The van der Waals surface area contributed by atoms with E-state index in [-0.39, 0.29) is 0 Å². The maximum atomic E-state index is 4.04. The van der Waals surface area contributed by atoms with Crippen LogP contribution in [0.15, 0.2) is 183 Å². The van der Waals surface area contributed by atoms with E-state index in [1.54, 1.807) is 6.08 Å². The average molecular weight is 687 g/mol. The van der Waals surface area contributed by atoms with Gasteiger partial charge in [-0.1, -0.05) is 154 Å². The molecule has 0 bridgehead atoms. The van der Waals surface area contributed by atoms with Crippen molar-refractivity contribution in [1.29, 1.82) is 0 Å². The summed E-state index contributed by atoms with van der Waals surface area (Å²) in [5.74, 6) is 0. The third kappa shape index (κ3) is 7.22. The first-order valence-electron chi connectivity index (χ1n) is 18.6. The van der Waals surface area contributed by atoms with Gasteiger partial charge >= 0.3 is 0 Å². The normalized spacial score (nSPS) is 13.2. The first-order chi connectivity index (χ1) is 26.1. The van der Waals surface area contributed by atoms with Crippen LogP contribution in [0.2, 0.25) is 0 Å². The minimum absolute atomic E-state index is 1.05. The Balaban J connectivity index is 0.000000165. The predicted octanol–water partition coefficient (Wildman–Crippen LogP) is 14.4. The number of aromatic nitrogens is 2. The van der Waals surface area contributed by atoms with E-state index in [2.05, 4.69) is 200 Å². The van der Waals surface area contributed by atoms with Gasteiger partial charge in [0.15, 0.2) is 0 Å². The van der Waals surface area contributed by atoms with Crippen LogP contribution in [-0.2, 0) is 0 Å². The highest BCUT2D eigenvalue weighted by Crippen LogP contribution is 2.34. The van der Waals surface area contributed by atoms with Gasteiger partial charge in [0.1, 0.15) is 0 Å². The van der Waals surface area contributed by atoms with Crippen molar-refractivity contribution in [2.75, 3.05) is 0 Å². The van der Waals surface area contributed by atoms with E-state index in [0.29, 0.717) is 0 Å². The highest BCUT2D eigenvalue weighted by molar-refractivity contribution is 6.09. The van der Waals surface area contributed by atoms with Gasteiger partial charge in [-0.15, -0.1) is 0 Å². The van der Waals surface area contributed by atoms with E-state index in [1.165, 1.54) is 60.7 Å². The molecule has 0 saturated carbocycles. The molecule has 7 aromatic rings. The van der Waals surface area contributed by atoms with Crippen molar-refractivity contribution in [3.05, 3.63) is 205 Å². The molecule has 53 heavy (non-hydrogen) atoms. The molecule has 0 unspecified atom stereocenters. The summed E-state index contributed by atoms with van der Waals surface area (Å²) >= 11 is 0. The fraction of sp³-hybridized carbons (Fsp3) is 0.0980. The van der Waals surface area contributed by atoms with Crippen molar-refractivity contribution >= 4 is 56.0 Å². The predicted molar refractivity (Wildman–Crippen MR) is 233 cm³/mol. The summed E-state index contributed by atoms with van der Waals surface area (Å²) < 4.78 is 4.64. The van der Waals surface area contributed by atoms with Crippen molar-refractivity contribution < 1.29 is 0 Å². The molecule has 0 aliphatic heterocycles. The van der Waals surface area contributed by atoms with Gasteiger partial charge in [0, 0.05) is 33.1 Å². The lowest BCUT2D eigenvalue weighted by atomic mass is 9.99. The summed E-state index contributed by atoms with van der Waals surface area (Å²) in [5, 5.41) is 3.81. The van der Waals surface area contributed by atoms with E-state index in [0.717, 1.165) is 36.2 Å². The highest BCUT2D eigenvalue weighted by atomic mass is 15.0. The molecular weight excluding hydrogens is 641 g/mol. The zero-order valence-corrected chi connectivity index (χ0v) is 30.8. The molecule has 0 spiro atoms. The molecule has 5 aromatic carbocycles. The minimum Gasteiger partial charge on any atom is -0.309 e. The summed E-state index contributed by atoms with van der Waals surface area (Å²) in [6.07, 6.45) is 24.4. The smallest absolute Gasteiger partial charge is 0.0541 e. The third-order valence-corrected chi connectivity index (χ3v) is 9.88. The topological polar surface area (TPSA) is 9.86 Å². The fourth-order valence-electron chi connectivity index (χ4n) is 7.25. The van der Waals surface area contributed by atoms with Gasteiger partial charge in [-0.25, -0.2) is 0 Å². The van der Waals surface area contributed by atoms with E-state index in [1.807, 2.05) is 12.2 Å². The lowest BCUT2D eigenvalue weighted by molar-refractivity contribution is 1.04. The molecular formula is C51H46N2. The minimum atomic E-state index is 1.05. The Hall–Kier alpha value is -6.38. The highest BCUT2D eigenvalue weighted by Gasteiger charge is 2.15. The fourth-order valence-corrected chi connectivity index (χ4v) is 7.25. The van der Waals surface area contributed by atoms with Crippen LogP contribution in [0, 0.1) is 0 Å². The van der Waals surface area contributed by atoms with E-state index >= 15 is 0 Å². The molecule has 1 aliphatic rings. The standard InChI is InChI=1S/C27H27N.C24H19N/c1-5-8-10-13-21(4)22-17-19-23(20-18-22)28-26(15-9-6-2)24(7-3)25-14-11-12-16-27(25)28;1-2-8-18(9-3-1)19-14-16-20(17-15-19)25-23-12-6-4-10-21(23)22-11-5-7-13-24(22)25/h6-20H,2-3,5H2,1,4H3;2,4-17H,1,3H2/b10-8-,15-9-,21-13+;. The third-order valence-electron chi connectivity index (χ3n) is 9.88. The van der Waals surface area contributed by atoms with E-state index < -0.39 is 0 Å². The van der Waals surface area contributed by atoms with Crippen LogP contribution in [-0.4, -0.2) is 9.13 Å². The largest absolute Gasteiger partial charge is 0.309 e. The van der Waals surface area contributed by atoms with Gasteiger partial charge in [0.2, 0.25) is 0 Å². The van der Waals surface area contributed by atoms with Gasteiger partial charge in [0.25, 0.3) is 0 Å². The molecule has 0 fully saturated rings. The van der Waals surface area contributed by atoms with Crippen molar-refractivity contribution in [3.8, 4) is 11.4 Å². The molecule has 0 amide bonds. The van der Waals surface area contributed by atoms with Crippen molar-refractivity contribution in [2.45, 2.75) is 33.1 Å². The average Bonchev–Trinajstić information content (AvgIpc) is 3.73. The summed E-state index contributed by atoms with van der Waals surface area (Å²) in [4.78, 5) is 0. The Morgan fingerprint density at radius 2 is 1.25 bits per heavy atom. The van der Waals surface area contributed by atoms with Gasteiger partial charge < -0.3 is 9.13 Å². The second-order valence-electron chi connectivity index (χ2n) is 13.2. The number of para-hydroxylation sites is 3. The quantitative estimate of drug-likeness (QED) is 0.134. The van der Waals surface area contributed by atoms with Gasteiger partial charge in [0.05, 0.1) is 22.2 Å². The van der Waals surface area contributed by atoms with Crippen LogP contribution in [0.3, 0.4) is 0 Å². The van der Waals surface area contributed by atoms with E-state index in [9.17, 15) is 0 Å². The number of hydrogen-bond donors (Lipinski definition) is 0. The molecule has 2 nitrogen and oxygen atoms in total. The first kappa shape index (κ1) is 35.0. The van der Waals surface area contributed by atoms with E-state index in [4.69, 9.17) is 0 Å². The van der Waals surface area contributed by atoms with Crippen molar-refractivity contribution in [3.63, 3.8) is 0 Å². The van der Waals surface area contributed by atoms with Gasteiger partial charge in [-0.3, -0.25) is 0 Å². The molecule has 2 aromatic heterocycles. The molecule has 1 aliphatic carbocycles. The molecule has 2 heteroatoms. The number of fused-ring (bicyclic) bond motifs is 4. The van der Waals surface area contributed by atoms with Crippen LogP contribution < -0.4 is 0 Å². The SMILES string of the molecule is C1=CC(c2ccc(-n3c4ccccc4c4ccccc43)cc2)=CCC1.C=C/C=C\c1c(C=C)c2ccccc2n1-c1ccc(/C(C)=C/C=C\CC)cc1. The number of allylic oxidation sites excluding steroid dienone is 10. The Labute approximate surface area is 314 Å². The molecule has 2 heterocycles. The van der Waals surface area contributed by atoms with Crippen LogP contribution in [0.5, 0.6) is 0 Å². The van der Waals surface area contributed by atoms with Crippen LogP contribution >= 0.6 is 0 Å². The molecule has 0 atom stereocenters. The summed E-state index contributed by atoms with van der Waals surface area (Å²) in [6, 6.07) is 43.4. The summed E-state index contributed by atoms with van der Waals surface area (Å²) in [6.45, 7) is 12.1. The molecule has 8 rings (SSSR count). The van der Waals surface area contributed by atoms with Crippen LogP contribution in [0.1, 0.15) is 55.5 Å². The Kier molecular flexibility index (Phi) is 10.8. The Bertz CT molecular complexity index is 2500. The van der Waals surface area contributed by atoms with Gasteiger partial charge in [-0.2, -0.15) is 0 Å². The monoisotopic (exact) mass is 686 g/mol. The summed E-state index contributed by atoms with van der Waals surface area (Å²) in [7, 11) is 0. The Morgan fingerprint density at radius 1 is 0.660 bits per heavy atom. The zero-order valence-electron chi connectivity index (χ0n) is 30.8.